The van der Waals surface area contributed by atoms with Crippen LogP contribution < -0.4 is 4.74 Å². The van der Waals surface area contributed by atoms with Crippen LogP contribution in [-0.2, 0) is 33.6 Å². The van der Waals surface area contributed by atoms with Crippen molar-refractivity contribution in [1.82, 2.24) is 4.98 Å². The second kappa shape index (κ2) is 12.5. The van der Waals surface area contributed by atoms with Crippen molar-refractivity contribution in [3.63, 3.8) is 0 Å². The first-order valence-corrected chi connectivity index (χ1v) is 13.4. The molecule has 1 heterocycles. The molecule has 5 nitrogen and oxygen atoms in total. The zero-order chi connectivity index (χ0) is 26.2. The maximum atomic E-state index is 14.5. The number of ether oxygens (including phenoxy) is 1. The summed E-state index contributed by atoms with van der Waals surface area (Å²) in [5.74, 6) is -1.75. The third-order valence-corrected chi connectivity index (χ3v) is 7.50. The molecule has 0 amide bonds. The number of unbranched alkanes of at least 4 members (excludes halogenated alkanes) is 1. The molecule has 0 aliphatic heterocycles. The summed E-state index contributed by atoms with van der Waals surface area (Å²) in [5.41, 5.74) is 0.0396. The van der Waals surface area contributed by atoms with Crippen molar-refractivity contribution in [1.29, 1.82) is 0 Å². The number of benzene rings is 1. The molecule has 0 aliphatic rings. The Hall–Kier alpha value is -2.49. The van der Waals surface area contributed by atoms with Gasteiger partial charge in [0, 0.05) is 23.7 Å². The molecule has 0 spiro atoms. The van der Waals surface area contributed by atoms with Crippen molar-refractivity contribution in [2.24, 2.45) is 0 Å². The van der Waals surface area contributed by atoms with Crippen LogP contribution in [0.3, 0.4) is 0 Å². The molecule has 1 atom stereocenters. The maximum Gasteiger partial charge on any atom is 0.433 e. The lowest BCUT2D eigenvalue weighted by Gasteiger charge is -2.15. The van der Waals surface area contributed by atoms with Crippen LogP contribution in [0, 0.1) is 5.82 Å². The Kier molecular flexibility index (Phi) is 10.2. The predicted octanol–water partition coefficient (Wildman–Crippen LogP) is 5.70. The molecule has 194 valence electrons. The van der Waals surface area contributed by atoms with E-state index in [2.05, 4.69) is 4.98 Å². The van der Waals surface area contributed by atoms with Crippen molar-refractivity contribution >= 4 is 15.6 Å². The summed E-state index contributed by atoms with van der Waals surface area (Å²) in [6, 6.07) is 6.45. The van der Waals surface area contributed by atoms with E-state index < -0.39 is 33.4 Å². The lowest BCUT2D eigenvalue weighted by Crippen LogP contribution is -2.14. The van der Waals surface area contributed by atoms with Gasteiger partial charge in [0.25, 0.3) is 0 Å². The molecule has 1 unspecified atom stereocenters. The Morgan fingerprint density at radius 2 is 1.77 bits per heavy atom. The largest absolute Gasteiger partial charge is 0.477 e. The monoisotopic (exact) mass is 517 g/mol. The zero-order valence-corrected chi connectivity index (χ0v) is 20.9. The minimum atomic E-state index is -4.61. The van der Waals surface area contributed by atoms with Crippen molar-refractivity contribution in [3.05, 3.63) is 58.5 Å². The molecular weight excluding hydrogens is 486 g/mol. The number of rotatable bonds is 13. The van der Waals surface area contributed by atoms with Crippen LogP contribution in [0.15, 0.2) is 30.3 Å². The van der Waals surface area contributed by atoms with Crippen molar-refractivity contribution in [2.45, 2.75) is 65.0 Å². The van der Waals surface area contributed by atoms with Crippen LogP contribution in [0.25, 0.3) is 0 Å². The van der Waals surface area contributed by atoms with E-state index >= 15 is 0 Å². The highest BCUT2D eigenvalue weighted by molar-refractivity contribution is 7.91. The first kappa shape index (κ1) is 28.7. The molecule has 0 radical (unpaired) electrons. The van der Waals surface area contributed by atoms with E-state index in [1.807, 2.05) is 6.92 Å². The van der Waals surface area contributed by atoms with Crippen molar-refractivity contribution in [3.8, 4) is 5.88 Å². The van der Waals surface area contributed by atoms with Gasteiger partial charge in [-0.3, -0.25) is 4.79 Å². The number of hydrogen-bond donors (Lipinski definition) is 0. The number of pyridine rings is 1. The number of nitrogens with zero attached hydrogens (tertiary/aromatic N) is 1. The first-order chi connectivity index (χ1) is 16.4. The molecule has 0 N–H and O–H groups in total. The highest BCUT2D eigenvalue weighted by Gasteiger charge is 2.33. The number of aryl methyl sites for hydroxylation is 2. The molecule has 0 bridgehead atoms. The van der Waals surface area contributed by atoms with Gasteiger partial charge >= 0.3 is 6.18 Å². The molecule has 1 aromatic carbocycles. The number of Topliss-reactive ketones (excluding diaryl/α,β-unsaturated/α-hetero) is 1. The van der Waals surface area contributed by atoms with Gasteiger partial charge in [-0.1, -0.05) is 45.4 Å². The van der Waals surface area contributed by atoms with Gasteiger partial charge in [0.15, 0.2) is 0 Å². The fourth-order valence-corrected chi connectivity index (χ4v) is 4.18. The number of sulfone groups is 1. The highest BCUT2D eigenvalue weighted by Crippen LogP contribution is 2.31. The molecule has 35 heavy (non-hydrogen) atoms. The third-order valence-electron chi connectivity index (χ3n) is 5.79. The fourth-order valence-electron chi connectivity index (χ4n) is 3.36. The Balaban J connectivity index is 2.09. The number of aromatic nitrogens is 1. The molecule has 0 aliphatic carbocycles. The first-order valence-electron chi connectivity index (χ1n) is 11.6. The smallest absolute Gasteiger partial charge is 0.433 e. The van der Waals surface area contributed by atoms with E-state index in [0.717, 1.165) is 12.5 Å². The summed E-state index contributed by atoms with van der Waals surface area (Å²) in [5, 5.41) is 0. The normalized spacial score (nSPS) is 13.0. The Labute approximate surface area is 203 Å². The minimum absolute atomic E-state index is 0.0104. The third kappa shape index (κ3) is 8.59. The molecule has 0 fully saturated rings. The van der Waals surface area contributed by atoms with Gasteiger partial charge in [-0.05, 0) is 42.5 Å². The molecule has 2 aromatic rings. The Morgan fingerprint density at radius 3 is 2.37 bits per heavy atom. The number of carbonyl (C=O) groups is 1. The molecule has 10 heteroatoms. The summed E-state index contributed by atoms with van der Waals surface area (Å²) in [6.07, 6.45) is -2.97. The van der Waals surface area contributed by atoms with E-state index in [1.165, 1.54) is 25.1 Å². The van der Waals surface area contributed by atoms with E-state index in [9.17, 15) is 30.8 Å². The number of ketones is 1. The second-order valence-electron chi connectivity index (χ2n) is 8.39. The van der Waals surface area contributed by atoms with Gasteiger partial charge in [-0.15, -0.1) is 0 Å². The molecule has 2 rings (SSSR count). The van der Waals surface area contributed by atoms with Gasteiger partial charge < -0.3 is 4.74 Å². The van der Waals surface area contributed by atoms with E-state index in [0.29, 0.717) is 17.5 Å². The maximum absolute atomic E-state index is 14.5. The average molecular weight is 518 g/mol. The van der Waals surface area contributed by atoms with E-state index in [-0.39, 0.29) is 54.6 Å². The van der Waals surface area contributed by atoms with E-state index in [1.54, 1.807) is 13.0 Å². The van der Waals surface area contributed by atoms with Crippen molar-refractivity contribution in [2.75, 3.05) is 18.1 Å². The van der Waals surface area contributed by atoms with Gasteiger partial charge in [0.2, 0.25) is 5.88 Å². The lowest BCUT2D eigenvalue weighted by atomic mass is 9.92. The minimum Gasteiger partial charge on any atom is -0.477 e. The van der Waals surface area contributed by atoms with Gasteiger partial charge in [-0.2, -0.15) is 13.2 Å². The summed E-state index contributed by atoms with van der Waals surface area (Å²) < 4.78 is 82.5. The number of alkyl halides is 3. The van der Waals surface area contributed by atoms with Crippen LogP contribution in [0.2, 0.25) is 0 Å². The summed E-state index contributed by atoms with van der Waals surface area (Å²) in [4.78, 5) is 16.4. The molecule has 0 saturated heterocycles. The van der Waals surface area contributed by atoms with Gasteiger partial charge in [0.1, 0.15) is 27.1 Å². The predicted molar refractivity (Wildman–Crippen MR) is 126 cm³/mol. The number of carbonyl (C=O) groups excluding carboxylic acids is 1. The topological polar surface area (TPSA) is 73.3 Å². The summed E-state index contributed by atoms with van der Waals surface area (Å²) in [7, 11) is -3.23. The number of halogens is 4. The van der Waals surface area contributed by atoms with Gasteiger partial charge in [-0.25, -0.2) is 17.8 Å². The lowest BCUT2D eigenvalue weighted by molar-refractivity contribution is -0.141. The molecular formula is C25H31F4NO4S. The van der Waals surface area contributed by atoms with Crippen LogP contribution in [0.5, 0.6) is 5.88 Å². The standard InChI is InChI=1S/C25H31F4NO4S/c1-4-6-14-34-24-19(10-12-23(30-24)25(27,28)29)9-11-22(31)17(3)20-8-7-18(21(26)16-20)13-15-35(32,33)5-2/h7-8,10,12,16-17H,4-6,9,11,13-15H2,1-3H3. The second-order valence-corrected chi connectivity index (χ2v) is 10.9. The molecule has 1 aromatic heterocycles. The van der Waals surface area contributed by atoms with Crippen LogP contribution in [-0.4, -0.2) is 37.3 Å². The van der Waals surface area contributed by atoms with Crippen LogP contribution in [0.4, 0.5) is 17.6 Å². The quantitative estimate of drug-likeness (QED) is 0.252. The fraction of sp³-hybridized carbons (Fsp3) is 0.520. The Morgan fingerprint density at radius 1 is 1.09 bits per heavy atom. The molecule has 0 saturated carbocycles. The van der Waals surface area contributed by atoms with Crippen LogP contribution in [0.1, 0.15) is 68.3 Å². The summed E-state index contributed by atoms with van der Waals surface area (Å²) >= 11 is 0. The zero-order valence-electron chi connectivity index (χ0n) is 20.1. The van der Waals surface area contributed by atoms with Crippen molar-refractivity contribution < 1.29 is 35.5 Å². The van der Waals surface area contributed by atoms with Gasteiger partial charge in [0.05, 0.1) is 12.4 Å². The number of hydrogen-bond acceptors (Lipinski definition) is 5. The Bertz CT molecular complexity index is 1120. The van der Waals surface area contributed by atoms with E-state index in [4.69, 9.17) is 4.74 Å². The SMILES string of the molecule is CCCCOc1nc(C(F)(F)F)ccc1CCC(=O)C(C)c1ccc(CCS(=O)(=O)CC)c(F)c1. The average Bonchev–Trinajstić information content (AvgIpc) is 2.81. The summed E-state index contributed by atoms with van der Waals surface area (Å²) in [6.45, 7) is 5.30. The highest BCUT2D eigenvalue weighted by atomic mass is 32.2. The van der Waals surface area contributed by atoms with Crippen LogP contribution >= 0.6 is 0 Å².